The Morgan fingerprint density at radius 2 is 1.94 bits per heavy atom. The molecule has 82 valence electrons. The average molecular weight is 217 g/mol. The highest BCUT2D eigenvalue weighted by molar-refractivity contribution is 5.68. The number of aryl methyl sites for hydroxylation is 2. The van der Waals surface area contributed by atoms with Crippen molar-refractivity contribution in [2.45, 2.75) is 13.8 Å². The summed E-state index contributed by atoms with van der Waals surface area (Å²) in [6.07, 6.45) is 1.69. The number of pyridine rings is 1. The normalized spacial score (nSPS) is 10.4. The number of benzene rings is 1. The molecule has 1 heterocycles. The fourth-order valence-corrected chi connectivity index (χ4v) is 1.56. The maximum Gasteiger partial charge on any atom is 0.128 e. The van der Waals surface area contributed by atoms with Crippen LogP contribution in [0, 0.1) is 19.7 Å². The van der Waals surface area contributed by atoms with Crippen LogP contribution in [0.1, 0.15) is 11.1 Å². The molecule has 0 atom stereocenters. The zero-order chi connectivity index (χ0) is 11.7. The van der Waals surface area contributed by atoms with Crippen molar-refractivity contribution in [1.29, 1.82) is 0 Å². The van der Waals surface area contributed by atoms with Crippen LogP contribution < -0.4 is 0 Å². The van der Waals surface area contributed by atoms with Crippen LogP contribution in [0.5, 0.6) is 5.75 Å². The summed E-state index contributed by atoms with van der Waals surface area (Å²) in [4.78, 5) is 4.16. The third-order valence-corrected chi connectivity index (χ3v) is 2.45. The van der Waals surface area contributed by atoms with Crippen molar-refractivity contribution < 1.29 is 9.50 Å². The molecule has 0 radical (unpaired) electrons. The minimum absolute atomic E-state index is 0.0813. The number of aromatic hydroxyl groups is 1. The molecule has 1 aromatic carbocycles. The number of halogens is 1. The van der Waals surface area contributed by atoms with Gasteiger partial charge in [0, 0.05) is 11.8 Å². The van der Waals surface area contributed by atoms with Gasteiger partial charge in [0.2, 0.25) is 0 Å². The maximum atomic E-state index is 13.2. The van der Waals surface area contributed by atoms with Crippen molar-refractivity contribution >= 4 is 0 Å². The van der Waals surface area contributed by atoms with Gasteiger partial charge in [-0.15, -0.1) is 0 Å². The van der Waals surface area contributed by atoms with Crippen LogP contribution in [-0.2, 0) is 0 Å². The first kappa shape index (κ1) is 10.6. The molecule has 2 nitrogen and oxygen atoms in total. The zero-order valence-electron chi connectivity index (χ0n) is 9.16. The smallest absolute Gasteiger partial charge is 0.128 e. The summed E-state index contributed by atoms with van der Waals surface area (Å²) in [6, 6.07) is 6.23. The molecule has 0 saturated carbocycles. The number of hydrogen-bond donors (Lipinski definition) is 1. The topological polar surface area (TPSA) is 33.1 Å². The van der Waals surface area contributed by atoms with Gasteiger partial charge in [-0.3, -0.25) is 4.98 Å². The van der Waals surface area contributed by atoms with E-state index in [1.165, 1.54) is 12.1 Å². The summed E-state index contributed by atoms with van der Waals surface area (Å²) in [7, 11) is 0. The number of rotatable bonds is 1. The highest BCUT2D eigenvalue weighted by Crippen LogP contribution is 2.31. The molecule has 16 heavy (non-hydrogen) atoms. The molecule has 0 bridgehead atoms. The third-order valence-electron chi connectivity index (χ3n) is 2.45. The summed E-state index contributed by atoms with van der Waals surface area (Å²) >= 11 is 0. The van der Waals surface area contributed by atoms with Crippen molar-refractivity contribution in [2.75, 3.05) is 0 Å². The Bertz CT molecular complexity index is 520. The van der Waals surface area contributed by atoms with Crippen LogP contribution in [0.25, 0.3) is 11.3 Å². The van der Waals surface area contributed by atoms with E-state index < -0.39 is 0 Å². The lowest BCUT2D eigenvalue weighted by molar-refractivity contribution is 0.470. The molecule has 0 saturated heterocycles. The summed E-state index contributed by atoms with van der Waals surface area (Å²) in [5, 5.41) is 9.84. The fourth-order valence-electron chi connectivity index (χ4n) is 1.56. The highest BCUT2D eigenvalue weighted by atomic mass is 19.1. The van der Waals surface area contributed by atoms with Crippen LogP contribution in [0.4, 0.5) is 4.39 Å². The van der Waals surface area contributed by atoms with E-state index in [1.807, 2.05) is 13.0 Å². The first-order chi connectivity index (χ1) is 7.58. The first-order valence-corrected chi connectivity index (χ1v) is 5.00. The monoisotopic (exact) mass is 217 g/mol. The van der Waals surface area contributed by atoms with Gasteiger partial charge >= 0.3 is 0 Å². The number of hydrogen-bond acceptors (Lipinski definition) is 2. The number of phenols is 1. The molecule has 2 aromatic rings. The highest BCUT2D eigenvalue weighted by Gasteiger charge is 2.10. The Kier molecular flexibility index (Phi) is 2.60. The summed E-state index contributed by atoms with van der Waals surface area (Å²) in [5.74, 6) is -0.287. The van der Waals surface area contributed by atoms with Gasteiger partial charge in [0.15, 0.2) is 0 Å². The minimum atomic E-state index is -0.368. The fraction of sp³-hybridized carbons (Fsp3) is 0.154. The molecule has 0 spiro atoms. The Morgan fingerprint density at radius 1 is 1.19 bits per heavy atom. The second-order valence-electron chi connectivity index (χ2n) is 3.84. The standard InChI is InChI=1S/C13H12FNO/c1-8-3-4-12(15-7-8)11-6-10(14)5-9(2)13(11)16/h3-7,16H,1-2H3. The molecule has 3 heteroatoms. The van der Waals surface area contributed by atoms with Crippen LogP contribution in [0.3, 0.4) is 0 Å². The van der Waals surface area contributed by atoms with Gasteiger partial charge < -0.3 is 5.11 Å². The second-order valence-corrected chi connectivity index (χ2v) is 3.84. The largest absolute Gasteiger partial charge is 0.507 e. The van der Waals surface area contributed by atoms with E-state index in [2.05, 4.69) is 4.98 Å². The van der Waals surface area contributed by atoms with Crippen LogP contribution in [-0.4, -0.2) is 10.1 Å². The zero-order valence-corrected chi connectivity index (χ0v) is 9.16. The molecule has 0 aliphatic carbocycles. The SMILES string of the molecule is Cc1ccc(-c2cc(F)cc(C)c2O)nc1. The predicted molar refractivity (Wildman–Crippen MR) is 60.8 cm³/mol. The van der Waals surface area contributed by atoms with E-state index in [0.717, 1.165) is 5.56 Å². The number of phenolic OH excluding ortho intramolecular Hbond substituents is 1. The molecule has 2 rings (SSSR count). The predicted octanol–water partition coefficient (Wildman–Crippen LogP) is 3.21. The Balaban J connectivity index is 2.59. The van der Waals surface area contributed by atoms with E-state index in [1.54, 1.807) is 19.2 Å². The van der Waals surface area contributed by atoms with Gasteiger partial charge in [-0.05, 0) is 43.2 Å². The first-order valence-electron chi connectivity index (χ1n) is 5.00. The average Bonchev–Trinajstić information content (AvgIpc) is 2.25. The maximum absolute atomic E-state index is 13.2. The van der Waals surface area contributed by atoms with Gasteiger partial charge in [-0.1, -0.05) is 6.07 Å². The Hall–Kier alpha value is -1.90. The Labute approximate surface area is 93.4 Å². The van der Waals surface area contributed by atoms with Gasteiger partial charge in [0.25, 0.3) is 0 Å². The summed E-state index contributed by atoms with van der Waals surface area (Å²) in [5.41, 5.74) is 2.54. The molecule has 0 unspecified atom stereocenters. The molecule has 1 aromatic heterocycles. The van der Waals surface area contributed by atoms with E-state index in [9.17, 15) is 9.50 Å². The van der Waals surface area contributed by atoms with Crippen molar-refractivity contribution in [3.05, 3.63) is 47.4 Å². The summed E-state index contributed by atoms with van der Waals surface area (Å²) < 4.78 is 13.2. The van der Waals surface area contributed by atoms with E-state index in [0.29, 0.717) is 16.8 Å². The lowest BCUT2D eigenvalue weighted by atomic mass is 10.1. The van der Waals surface area contributed by atoms with Crippen molar-refractivity contribution in [3.63, 3.8) is 0 Å². The number of nitrogens with zero attached hydrogens (tertiary/aromatic N) is 1. The number of aromatic nitrogens is 1. The lowest BCUT2D eigenvalue weighted by Crippen LogP contribution is -1.89. The molecular formula is C13H12FNO. The van der Waals surface area contributed by atoms with Crippen LogP contribution in [0.15, 0.2) is 30.5 Å². The van der Waals surface area contributed by atoms with Crippen molar-refractivity contribution in [2.24, 2.45) is 0 Å². The lowest BCUT2D eigenvalue weighted by Gasteiger charge is -2.07. The van der Waals surface area contributed by atoms with Gasteiger partial charge in [-0.2, -0.15) is 0 Å². The molecular weight excluding hydrogens is 205 g/mol. The van der Waals surface area contributed by atoms with Crippen molar-refractivity contribution in [3.8, 4) is 17.0 Å². The van der Waals surface area contributed by atoms with Crippen LogP contribution >= 0.6 is 0 Å². The van der Waals surface area contributed by atoms with Gasteiger partial charge in [0.05, 0.1) is 5.69 Å². The molecule has 0 amide bonds. The molecule has 0 aliphatic rings. The molecule has 0 aliphatic heterocycles. The van der Waals surface area contributed by atoms with Gasteiger partial charge in [0.1, 0.15) is 11.6 Å². The summed E-state index contributed by atoms with van der Waals surface area (Å²) in [6.45, 7) is 3.59. The second kappa shape index (κ2) is 3.93. The van der Waals surface area contributed by atoms with Crippen LogP contribution in [0.2, 0.25) is 0 Å². The minimum Gasteiger partial charge on any atom is -0.507 e. The Morgan fingerprint density at radius 3 is 2.56 bits per heavy atom. The molecule has 0 fully saturated rings. The van der Waals surface area contributed by atoms with E-state index in [-0.39, 0.29) is 11.6 Å². The third kappa shape index (κ3) is 1.89. The quantitative estimate of drug-likeness (QED) is 0.795. The van der Waals surface area contributed by atoms with E-state index in [4.69, 9.17) is 0 Å². The molecule has 1 N–H and O–H groups in total. The van der Waals surface area contributed by atoms with E-state index >= 15 is 0 Å². The van der Waals surface area contributed by atoms with Crippen molar-refractivity contribution in [1.82, 2.24) is 4.98 Å². The van der Waals surface area contributed by atoms with Gasteiger partial charge in [-0.25, -0.2) is 4.39 Å².